The van der Waals surface area contributed by atoms with E-state index in [4.69, 9.17) is 18.9 Å². The second-order valence-electron chi connectivity index (χ2n) is 23.8. The zero-order valence-corrected chi connectivity index (χ0v) is 50.0. The predicted octanol–water partition coefficient (Wildman–Crippen LogP) is 9.90. The quantitative estimate of drug-likeness (QED) is 0.0606. The molecular formula is C63H71N9O9S2. The molecule has 0 unspecified atom stereocenters. The van der Waals surface area contributed by atoms with Gasteiger partial charge in [0, 0.05) is 84.4 Å². The van der Waals surface area contributed by atoms with E-state index in [0.29, 0.717) is 35.4 Å². The number of hydrogen-bond donors (Lipinski definition) is 3. The third-order valence-corrected chi connectivity index (χ3v) is 19.3. The number of ether oxygens (including phenoxy) is 2. The van der Waals surface area contributed by atoms with Crippen LogP contribution in [-0.4, -0.2) is 116 Å². The molecule has 1 aliphatic carbocycles. The lowest BCUT2D eigenvalue weighted by Crippen LogP contribution is -2.51. The standard InChI is InChI=1S/C63H71N9O9S2/c1-33-36(4)83-62-55(33)56(67-49(30-54(75)79-9)58-69-68-37(5)72(58)62)39-14-16-44(17-15-39)70-22-20-41(21-23-70)59(76)66-43-26-47(27-43)80-46-18-19-52-42(24-46)25-53(81-52)51(74)29-48(63(6,7)8)61(78)71-31-45(73)28-50(71)60(77)65-34(2)38-10-12-40(13-11-38)57-35(3)64-32-82-57/h10-19,24-25,32,34,41,43,45,47-50,73H,20-23,26-31H2,1-9H3,(H,65,77)(H,66,76)/t34-,43?,45+,47?,48+,49-,50-/m0/s1. The van der Waals surface area contributed by atoms with Crippen molar-refractivity contribution in [1.82, 2.24) is 35.3 Å². The number of benzene rings is 3. The average molecular weight is 1160 g/mol. The topological polar surface area (TPSA) is 224 Å². The second-order valence-corrected chi connectivity index (χ2v) is 25.8. The Hall–Kier alpha value is -7.55. The van der Waals surface area contributed by atoms with E-state index in [9.17, 15) is 29.1 Å². The molecule has 1 saturated carbocycles. The summed E-state index contributed by atoms with van der Waals surface area (Å²) in [5, 5.41) is 27.7. The Kier molecular flexibility index (Phi) is 16.0. The number of aromatic nitrogens is 4. The number of furan rings is 1. The van der Waals surface area contributed by atoms with Gasteiger partial charge in [-0.2, -0.15) is 0 Å². The summed E-state index contributed by atoms with van der Waals surface area (Å²) in [6, 6.07) is 21.6. The average Bonchev–Trinajstić information content (AvgIpc) is 2.23. The Morgan fingerprint density at radius 2 is 1.61 bits per heavy atom. The molecule has 83 heavy (non-hydrogen) atoms. The number of esters is 1. The summed E-state index contributed by atoms with van der Waals surface area (Å²) in [5.74, 6) is -0.192. The van der Waals surface area contributed by atoms with Gasteiger partial charge in [0.2, 0.25) is 17.7 Å². The van der Waals surface area contributed by atoms with Crippen LogP contribution in [0.15, 0.2) is 87.7 Å². The number of thiazole rings is 1. The van der Waals surface area contributed by atoms with E-state index in [2.05, 4.69) is 68.8 Å². The van der Waals surface area contributed by atoms with Gasteiger partial charge in [0.15, 0.2) is 17.4 Å². The molecule has 7 aromatic rings. The van der Waals surface area contributed by atoms with Crippen LogP contribution in [0, 0.1) is 44.9 Å². The number of aliphatic hydroxyl groups is 1. The fourth-order valence-electron chi connectivity index (χ4n) is 12.0. The number of anilines is 1. The maximum Gasteiger partial charge on any atom is 0.308 e. The highest BCUT2D eigenvalue weighted by molar-refractivity contribution is 7.15. The van der Waals surface area contributed by atoms with Gasteiger partial charge in [0.1, 0.15) is 40.3 Å². The van der Waals surface area contributed by atoms with E-state index in [1.807, 2.05) is 88.0 Å². The molecule has 18 nitrogen and oxygen atoms in total. The van der Waals surface area contributed by atoms with E-state index < -0.39 is 29.5 Å². The van der Waals surface area contributed by atoms with Crippen molar-refractivity contribution >= 4 is 74.5 Å². The lowest BCUT2D eigenvalue weighted by molar-refractivity contribution is -0.144. The molecule has 0 bridgehead atoms. The molecule has 11 rings (SSSR count). The summed E-state index contributed by atoms with van der Waals surface area (Å²) >= 11 is 3.24. The van der Waals surface area contributed by atoms with Gasteiger partial charge >= 0.3 is 5.97 Å². The number of amides is 3. The number of piperidine rings is 1. The molecule has 4 aromatic heterocycles. The third-order valence-electron chi connectivity index (χ3n) is 17.1. The Bertz CT molecular complexity index is 3630. The third kappa shape index (κ3) is 11.7. The number of likely N-dealkylation sites (tertiary alicyclic amines) is 1. The molecule has 434 valence electrons. The second kappa shape index (κ2) is 23.2. The van der Waals surface area contributed by atoms with E-state index >= 15 is 0 Å². The number of fused-ring (bicyclic) bond motifs is 4. The Morgan fingerprint density at radius 3 is 2.30 bits per heavy atom. The van der Waals surface area contributed by atoms with Crippen molar-refractivity contribution in [2.24, 2.45) is 22.2 Å². The molecule has 5 atom stereocenters. The van der Waals surface area contributed by atoms with Crippen molar-refractivity contribution in [3.8, 4) is 21.2 Å². The number of thiophene rings is 1. The fraction of sp³-hybridized carbons (Fsp3) is 0.444. The zero-order chi connectivity index (χ0) is 58.6. The fourth-order valence-corrected chi connectivity index (χ4v) is 14.0. The Morgan fingerprint density at radius 1 is 0.892 bits per heavy atom. The smallest absolute Gasteiger partial charge is 0.308 e. The number of hydrogen-bond acceptors (Lipinski definition) is 16. The summed E-state index contributed by atoms with van der Waals surface area (Å²) in [6.45, 7) is 17.1. The van der Waals surface area contributed by atoms with Crippen LogP contribution in [0.25, 0.3) is 26.4 Å². The summed E-state index contributed by atoms with van der Waals surface area (Å²) in [4.78, 5) is 84.1. The van der Waals surface area contributed by atoms with Crippen molar-refractivity contribution in [3.63, 3.8) is 0 Å². The van der Waals surface area contributed by atoms with Crippen molar-refractivity contribution in [3.05, 3.63) is 129 Å². The Labute approximate surface area is 490 Å². The largest absolute Gasteiger partial charge is 0.490 e. The summed E-state index contributed by atoms with van der Waals surface area (Å²) < 4.78 is 19.5. The van der Waals surface area contributed by atoms with Crippen molar-refractivity contribution in [2.45, 2.75) is 137 Å². The van der Waals surface area contributed by atoms with E-state index in [-0.39, 0.29) is 85.1 Å². The number of aryl methyl sites for hydroxylation is 3. The minimum absolute atomic E-state index is 0.00741. The number of carbonyl (C=O) groups is 5. The molecule has 20 heteroatoms. The molecule has 3 N–H and O–H groups in total. The maximum absolute atomic E-state index is 14.5. The first kappa shape index (κ1) is 57.3. The van der Waals surface area contributed by atoms with Crippen LogP contribution >= 0.6 is 22.7 Å². The molecule has 3 amide bonds. The first-order chi connectivity index (χ1) is 39.7. The van der Waals surface area contributed by atoms with Gasteiger partial charge in [-0.1, -0.05) is 57.2 Å². The monoisotopic (exact) mass is 1160 g/mol. The van der Waals surface area contributed by atoms with Crippen LogP contribution in [0.4, 0.5) is 5.69 Å². The number of aliphatic hydroxyl groups excluding tert-OH is 1. The minimum atomic E-state index is -0.901. The SMILES string of the molecule is COC(=O)C[C@@H]1N=C(c2ccc(N3CCC(C(=O)NC4CC(Oc5ccc6oc(C(=O)C[C@H](C(=O)N7C[C@H](O)C[C@H]7C(=O)N[C@@H](C)c7ccc(-c8scnc8C)cc7)C(C)(C)C)cc6c5)C4)CC3)cc2)c2c(sc(C)c2C)-n2c(C)nnc21. The normalized spacial score (nSPS) is 20.6. The highest BCUT2D eigenvalue weighted by Crippen LogP contribution is 2.41. The Balaban J connectivity index is 0.656. The van der Waals surface area contributed by atoms with Crippen LogP contribution in [0.3, 0.4) is 0 Å². The van der Waals surface area contributed by atoms with E-state index in [1.54, 1.807) is 34.8 Å². The van der Waals surface area contributed by atoms with Gasteiger partial charge in [0.05, 0.1) is 53.4 Å². The van der Waals surface area contributed by atoms with Crippen LogP contribution in [0.1, 0.15) is 140 Å². The van der Waals surface area contributed by atoms with Crippen LogP contribution in [0.5, 0.6) is 5.75 Å². The molecule has 4 aliphatic rings. The van der Waals surface area contributed by atoms with Gasteiger partial charge in [-0.05, 0) is 106 Å². The van der Waals surface area contributed by atoms with Gasteiger partial charge in [-0.25, -0.2) is 4.98 Å². The number of nitrogens with zero attached hydrogens (tertiary/aromatic N) is 7. The van der Waals surface area contributed by atoms with Crippen molar-refractivity contribution < 1.29 is 43.0 Å². The molecule has 2 saturated heterocycles. The van der Waals surface area contributed by atoms with Gasteiger partial charge in [-0.3, -0.25) is 33.5 Å². The van der Waals surface area contributed by atoms with Gasteiger partial charge in [-0.15, -0.1) is 32.9 Å². The number of nitrogens with one attached hydrogen (secondary N) is 2. The number of carbonyl (C=O) groups excluding carboxylic acids is 5. The summed E-state index contributed by atoms with van der Waals surface area (Å²) in [7, 11) is 1.38. The highest BCUT2D eigenvalue weighted by Gasteiger charge is 2.45. The number of β-amino-alcohol motifs (C(OH)–C–C–N with tert-alkyl or cyclic N) is 1. The molecule has 7 heterocycles. The molecule has 3 aromatic carbocycles. The van der Waals surface area contributed by atoms with Gasteiger partial charge < -0.3 is 39.4 Å². The molecule has 0 radical (unpaired) electrons. The molecule has 3 fully saturated rings. The maximum atomic E-state index is 14.5. The lowest BCUT2D eigenvalue weighted by Gasteiger charge is -2.38. The minimum Gasteiger partial charge on any atom is -0.490 e. The first-order valence-corrected chi connectivity index (χ1v) is 30.3. The summed E-state index contributed by atoms with van der Waals surface area (Å²) in [6.07, 6.45) is 1.80. The molecule has 3 aliphatic heterocycles. The highest BCUT2D eigenvalue weighted by atomic mass is 32.1. The van der Waals surface area contributed by atoms with E-state index in [0.717, 1.165) is 86.5 Å². The number of aliphatic imine (C=N–C) groups is 1. The van der Waals surface area contributed by atoms with Crippen LogP contribution < -0.4 is 20.3 Å². The van der Waals surface area contributed by atoms with Crippen molar-refractivity contribution in [2.75, 3.05) is 31.6 Å². The lowest BCUT2D eigenvalue weighted by atomic mass is 9.76. The number of methoxy groups -OCH3 is 1. The van der Waals surface area contributed by atoms with Gasteiger partial charge in [0.25, 0.3) is 0 Å². The number of ketones is 1. The predicted molar refractivity (Wildman–Crippen MR) is 318 cm³/mol. The van der Waals surface area contributed by atoms with Crippen LogP contribution in [-0.2, 0) is 23.9 Å². The van der Waals surface area contributed by atoms with Crippen molar-refractivity contribution in [1.29, 1.82) is 0 Å². The van der Waals surface area contributed by atoms with E-state index in [1.165, 1.54) is 16.9 Å². The van der Waals surface area contributed by atoms with Crippen LogP contribution in [0.2, 0.25) is 0 Å². The first-order valence-electron chi connectivity index (χ1n) is 28.6. The molecular weight excluding hydrogens is 1090 g/mol. The number of rotatable bonds is 16. The molecule has 0 spiro atoms. The zero-order valence-electron chi connectivity index (χ0n) is 48.4. The summed E-state index contributed by atoms with van der Waals surface area (Å²) in [5.41, 5.74) is 9.51. The number of Topliss-reactive ketones (excluding diaryl/α,β-unsaturated/α-hetero) is 1.